The van der Waals surface area contributed by atoms with Crippen molar-refractivity contribution >= 4 is 0 Å². The molecule has 0 spiro atoms. The summed E-state index contributed by atoms with van der Waals surface area (Å²) >= 11 is 0. The zero-order chi connectivity index (χ0) is 11.8. The Morgan fingerprint density at radius 3 is 2.75 bits per heavy atom. The van der Waals surface area contributed by atoms with Crippen LogP contribution in [0.1, 0.15) is 31.0 Å². The molecule has 0 atom stereocenters. The maximum absolute atomic E-state index is 5.92. The molecule has 0 unspecified atom stereocenters. The minimum absolute atomic E-state index is 0.474. The summed E-state index contributed by atoms with van der Waals surface area (Å²) in [6, 6.07) is 1.87. The van der Waals surface area contributed by atoms with Gasteiger partial charge in [-0.15, -0.1) is 5.10 Å². The lowest BCUT2D eigenvalue weighted by Gasteiger charge is -2.13. The van der Waals surface area contributed by atoms with Crippen molar-refractivity contribution in [3.63, 3.8) is 0 Å². The van der Waals surface area contributed by atoms with E-state index in [0.717, 1.165) is 17.1 Å². The number of hydrogen-bond acceptors (Lipinski definition) is 5. The lowest BCUT2D eigenvalue weighted by atomic mass is 10.0. The molecular weight excluding hydrogens is 206 g/mol. The van der Waals surface area contributed by atoms with Gasteiger partial charge in [-0.05, 0) is 20.8 Å². The minimum Gasteiger partial charge on any atom is -0.361 e. The van der Waals surface area contributed by atoms with Gasteiger partial charge >= 0.3 is 0 Å². The summed E-state index contributed by atoms with van der Waals surface area (Å²) < 4.78 is 6.67. The van der Waals surface area contributed by atoms with Gasteiger partial charge in [-0.1, -0.05) is 10.4 Å². The maximum Gasteiger partial charge on any atom is 0.133 e. The van der Waals surface area contributed by atoms with Gasteiger partial charge in [0.25, 0.3) is 0 Å². The molecule has 2 aromatic heterocycles. The summed E-state index contributed by atoms with van der Waals surface area (Å²) in [6.07, 6.45) is 1.82. The Labute approximate surface area is 93.4 Å². The molecule has 2 aromatic rings. The first kappa shape index (κ1) is 10.8. The van der Waals surface area contributed by atoms with E-state index in [1.54, 1.807) is 4.68 Å². The molecule has 6 heteroatoms. The van der Waals surface area contributed by atoms with Crippen molar-refractivity contribution in [2.45, 2.75) is 32.9 Å². The van der Waals surface area contributed by atoms with E-state index >= 15 is 0 Å². The predicted molar refractivity (Wildman–Crippen MR) is 57.6 cm³/mol. The summed E-state index contributed by atoms with van der Waals surface area (Å²) in [6.45, 7) is 6.18. The van der Waals surface area contributed by atoms with Crippen LogP contribution in [0.15, 0.2) is 16.8 Å². The minimum atomic E-state index is -0.474. The van der Waals surface area contributed by atoms with Gasteiger partial charge in [0.05, 0.1) is 18.3 Å². The summed E-state index contributed by atoms with van der Waals surface area (Å²) in [7, 11) is 0. The van der Waals surface area contributed by atoms with Gasteiger partial charge in [0.15, 0.2) is 0 Å². The van der Waals surface area contributed by atoms with Crippen molar-refractivity contribution in [2.75, 3.05) is 0 Å². The van der Waals surface area contributed by atoms with E-state index in [-0.39, 0.29) is 0 Å². The number of rotatable bonds is 3. The molecule has 0 bridgehead atoms. The lowest BCUT2D eigenvalue weighted by molar-refractivity contribution is 0.387. The summed E-state index contributed by atoms with van der Waals surface area (Å²) in [5.41, 5.74) is 7.02. The summed E-state index contributed by atoms with van der Waals surface area (Å²) in [5, 5.41) is 11.9. The molecule has 0 fully saturated rings. The molecule has 2 N–H and O–H groups in total. The third kappa shape index (κ3) is 2.27. The van der Waals surface area contributed by atoms with Crippen molar-refractivity contribution in [3.05, 3.63) is 29.4 Å². The second-order valence-electron chi connectivity index (χ2n) is 4.45. The van der Waals surface area contributed by atoms with Crippen molar-refractivity contribution in [2.24, 2.45) is 5.73 Å². The van der Waals surface area contributed by atoms with Gasteiger partial charge in [-0.3, -0.25) is 0 Å². The number of aryl methyl sites for hydroxylation is 1. The SMILES string of the molecule is Cc1cc(Cn2cc(C(C)(C)N)nn2)no1. The Balaban J connectivity index is 2.14. The molecule has 0 aliphatic carbocycles. The molecule has 0 amide bonds. The van der Waals surface area contributed by atoms with E-state index in [0.29, 0.717) is 6.54 Å². The maximum atomic E-state index is 5.92. The van der Waals surface area contributed by atoms with Crippen LogP contribution in [-0.2, 0) is 12.1 Å². The fourth-order valence-corrected chi connectivity index (χ4v) is 1.33. The molecule has 2 rings (SSSR count). The van der Waals surface area contributed by atoms with Crippen LogP contribution in [-0.4, -0.2) is 20.2 Å². The molecule has 86 valence electrons. The van der Waals surface area contributed by atoms with Crippen LogP contribution in [0.3, 0.4) is 0 Å². The first-order valence-corrected chi connectivity index (χ1v) is 5.07. The summed E-state index contributed by atoms with van der Waals surface area (Å²) in [5.74, 6) is 0.787. The van der Waals surface area contributed by atoms with Gasteiger partial charge in [-0.25, -0.2) is 4.68 Å². The Hall–Kier alpha value is -1.69. The average molecular weight is 221 g/mol. The summed E-state index contributed by atoms with van der Waals surface area (Å²) in [4.78, 5) is 0. The molecule has 2 heterocycles. The molecule has 0 aliphatic rings. The first-order chi connectivity index (χ1) is 7.45. The largest absolute Gasteiger partial charge is 0.361 e. The highest BCUT2D eigenvalue weighted by Gasteiger charge is 2.18. The van der Waals surface area contributed by atoms with E-state index in [1.807, 2.05) is 33.0 Å². The second kappa shape index (κ2) is 3.71. The topological polar surface area (TPSA) is 82.8 Å². The Bertz CT molecular complexity index is 479. The number of aromatic nitrogens is 4. The zero-order valence-corrected chi connectivity index (χ0v) is 9.64. The lowest BCUT2D eigenvalue weighted by Crippen LogP contribution is -2.29. The normalized spacial score (nSPS) is 12.0. The van der Waals surface area contributed by atoms with Gasteiger partial charge in [0.2, 0.25) is 0 Å². The van der Waals surface area contributed by atoms with Crippen LogP contribution >= 0.6 is 0 Å². The fourth-order valence-electron chi connectivity index (χ4n) is 1.33. The molecule has 0 aromatic carbocycles. The van der Waals surface area contributed by atoms with Crippen LogP contribution in [0.25, 0.3) is 0 Å². The third-order valence-electron chi connectivity index (χ3n) is 2.20. The van der Waals surface area contributed by atoms with Crippen molar-refractivity contribution in [1.29, 1.82) is 0 Å². The van der Waals surface area contributed by atoms with E-state index in [4.69, 9.17) is 10.3 Å². The Morgan fingerprint density at radius 1 is 1.50 bits per heavy atom. The number of hydrogen-bond donors (Lipinski definition) is 1. The highest BCUT2D eigenvalue weighted by Crippen LogP contribution is 2.13. The van der Waals surface area contributed by atoms with Crippen LogP contribution in [0.2, 0.25) is 0 Å². The molecule has 0 radical (unpaired) electrons. The standard InChI is InChI=1S/C10H15N5O/c1-7-4-8(13-16-7)5-15-6-9(12-14-15)10(2,3)11/h4,6H,5,11H2,1-3H3. The van der Waals surface area contributed by atoms with Crippen LogP contribution in [0, 0.1) is 6.92 Å². The van der Waals surface area contributed by atoms with Gasteiger partial charge in [0, 0.05) is 6.07 Å². The van der Waals surface area contributed by atoms with Crippen molar-refractivity contribution < 1.29 is 4.52 Å². The predicted octanol–water partition coefficient (Wildman–Crippen LogP) is 0.817. The monoisotopic (exact) mass is 221 g/mol. The van der Waals surface area contributed by atoms with Crippen LogP contribution in [0.4, 0.5) is 0 Å². The molecular formula is C10H15N5O. The molecule has 0 saturated heterocycles. The van der Waals surface area contributed by atoms with Crippen molar-refractivity contribution in [1.82, 2.24) is 20.2 Å². The Kier molecular flexibility index (Phi) is 2.51. The second-order valence-corrected chi connectivity index (χ2v) is 4.45. The van der Waals surface area contributed by atoms with Gasteiger partial charge < -0.3 is 10.3 Å². The average Bonchev–Trinajstić information content (AvgIpc) is 2.74. The number of nitrogens with zero attached hydrogens (tertiary/aromatic N) is 4. The molecule has 16 heavy (non-hydrogen) atoms. The Morgan fingerprint density at radius 2 is 2.25 bits per heavy atom. The quantitative estimate of drug-likeness (QED) is 0.829. The van der Waals surface area contributed by atoms with Crippen LogP contribution in [0.5, 0.6) is 0 Å². The van der Waals surface area contributed by atoms with E-state index < -0.39 is 5.54 Å². The van der Waals surface area contributed by atoms with Crippen molar-refractivity contribution in [3.8, 4) is 0 Å². The number of nitrogens with two attached hydrogens (primary N) is 1. The molecule has 6 nitrogen and oxygen atoms in total. The van der Waals surface area contributed by atoms with E-state index in [1.165, 1.54) is 0 Å². The van der Waals surface area contributed by atoms with Gasteiger partial charge in [0.1, 0.15) is 17.1 Å². The third-order valence-corrected chi connectivity index (χ3v) is 2.20. The highest BCUT2D eigenvalue weighted by atomic mass is 16.5. The molecule has 0 aliphatic heterocycles. The highest BCUT2D eigenvalue weighted by molar-refractivity contribution is 5.08. The van der Waals surface area contributed by atoms with E-state index in [9.17, 15) is 0 Å². The van der Waals surface area contributed by atoms with E-state index in [2.05, 4.69) is 15.5 Å². The first-order valence-electron chi connectivity index (χ1n) is 5.07. The van der Waals surface area contributed by atoms with Gasteiger partial charge in [-0.2, -0.15) is 0 Å². The smallest absolute Gasteiger partial charge is 0.133 e. The van der Waals surface area contributed by atoms with Crippen LogP contribution < -0.4 is 5.73 Å². The fraction of sp³-hybridized carbons (Fsp3) is 0.500. The molecule has 0 saturated carbocycles. The zero-order valence-electron chi connectivity index (χ0n) is 9.64.